The first-order chi connectivity index (χ1) is 9.60. The quantitative estimate of drug-likeness (QED) is 0.783. The molecular formula is C17H21N3. The largest absolute Gasteiger partial charge is 0.296 e. The number of hydrogen-bond acceptors (Lipinski definition) is 3. The normalized spacial score (nSPS) is 12.8. The van der Waals surface area contributed by atoms with Gasteiger partial charge in [-0.05, 0) is 37.0 Å². The maximum Gasteiger partial charge on any atom is 0.0905 e. The first-order valence-corrected chi connectivity index (χ1v) is 6.96. The fourth-order valence-corrected chi connectivity index (χ4v) is 1.99. The highest BCUT2D eigenvalue weighted by Crippen LogP contribution is 2.17. The Hall–Kier alpha value is -2.03. The summed E-state index contributed by atoms with van der Waals surface area (Å²) in [7, 11) is 1.78. The Labute approximate surface area is 120 Å². The van der Waals surface area contributed by atoms with E-state index in [4.69, 9.17) is 4.98 Å². The molecule has 0 saturated heterocycles. The lowest BCUT2D eigenvalue weighted by Crippen LogP contribution is -1.95. The van der Waals surface area contributed by atoms with Crippen LogP contribution >= 0.6 is 0 Å². The molecule has 0 aliphatic carbocycles. The maximum atomic E-state index is 4.71. The van der Waals surface area contributed by atoms with Gasteiger partial charge in [0.25, 0.3) is 0 Å². The second-order valence-corrected chi connectivity index (χ2v) is 5.42. The zero-order valence-electron chi connectivity index (χ0n) is 12.6. The van der Waals surface area contributed by atoms with Gasteiger partial charge in [-0.1, -0.05) is 26.0 Å². The Kier molecular flexibility index (Phi) is 4.61. The molecule has 0 aliphatic heterocycles. The van der Waals surface area contributed by atoms with Crippen LogP contribution < -0.4 is 0 Å². The fraction of sp³-hybridized carbons (Fsp3) is 0.353. The number of allylic oxidation sites excluding steroid dienone is 2. The van der Waals surface area contributed by atoms with Crippen LogP contribution in [0, 0.1) is 12.8 Å². The summed E-state index contributed by atoms with van der Waals surface area (Å²) in [5.74, 6) is 0.617. The molecule has 2 aromatic rings. The van der Waals surface area contributed by atoms with Gasteiger partial charge in [0.15, 0.2) is 0 Å². The average Bonchev–Trinajstić information content (AvgIpc) is 2.42. The molecule has 0 saturated carbocycles. The van der Waals surface area contributed by atoms with Gasteiger partial charge >= 0.3 is 0 Å². The van der Waals surface area contributed by atoms with Gasteiger partial charge in [0.2, 0.25) is 0 Å². The molecule has 0 atom stereocenters. The minimum absolute atomic E-state index is 0.617. The van der Waals surface area contributed by atoms with Crippen molar-refractivity contribution in [1.82, 2.24) is 9.97 Å². The zero-order valence-corrected chi connectivity index (χ0v) is 12.6. The van der Waals surface area contributed by atoms with E-state index < -0.39 is 0 Å². The molecule has 1 aromatic carbocycles. The first-order valence-electron chi connectivity index (χ1n) is 6.96. The van der Waals surface area contributed by atoms with Gasteiger partial charge in [-0.3, -0.25) is 9.98 Å². The van der Waals surface area contributed by atoms with E-state index in [-0.39, 0.29) is 0 Å². The smallest absolute Gasteiger partial charge is 0.0905 e. The van der Waals surface area contributed by atoms with E-state index in [1.54, 1.807) is 7.05 Å². The van der Waals surface area contributed by atoms with E-state index >= 15 is 0 Å². The summed E-state index contributed by atoms with van der Waals surface area (Å²) in [4.78, 5) is 13.3. The molecule has 20 heavy (non-hydrogen) atoms. The minimum Gasteiger partial charge on any atom is -0.296 e. The molecule has 104 valence electrons. The third-order valence-electron chi connectivity index (χ3n) is 3.07. The number of rotatable bonds is 4. The molecule has 0 radical (unpaired) electrons. The first kappa shape index (κ1) is 14.4. The van der Waals surface area contributed by atoms with Gasteiger partial charge in [0.1, 0.15) is 0 Å². The Balaban J connectivity index is 2.45. The number of fused-ring (bicyclic) bond motifs is 1. The van der Waals surface area contributed by atoms with Crippen LogP contribution in [0.1, 0.15) is 31.5 Å². The van der Waals surface area contributed by atoms with E-state index in [1.165, 1.54) is 5.56 Å². The molecule has 0 spiro atoms. The van der Waals surface area contributed by atoms with E-state index in [9.17, 15) is 0 Å². The van der Waals surface area contributed by atoms with Gasteiger partial charge in [-0.15, -0.1) is 0 Å². The average molecular weight is 267 g/mol. The zero-order chi connectivity index (χ0) is 14.5. The van der Waals surface area contributed by atoms with Crippen molar-refractivity contribution in [3.05, 3.63) is 41.7 Å². The second kappa shape index (κ2) is 6.42. The predicted octanol–water partition coefficient (Wildman–Crippen LogP) is 4.07. The molecule has 0 bridgehead atoms. The van der Waals surface area contributed by atoms with Crippen LogP contribution in [-0.2, 0) is 0 Å². The molecular weight excluding hydrogens is 246 g/mol. The molecule has 3 nitrogen and oxygen atoms in total. The molecule has 1 heterocycles. The highest BCUT2D eigenvalue weighted by Gasteiger charge is 2.04. The summed E-state index contributed by atoms with van der Waals surface area (Å²) in [6.45, 7) is 6.47. The number of aryl methyl sites for hydroxylation is 1. The van der Waals surface area contributed by atoms with Crippen LogP contribution in [0.4, 0.5) is 0 Å². The predicted molar refractivity (Wildman–Crippen MR) is 86.1 cm³/mol. The van der Waals surface area contributed by atoms with Gasteiger partial charge in [-0.2, -0.15) is 0 Å². The Bertz CT molecular complexity index is 654. The topological polar surface area (TPSA) is 38.1 Å². The Morgan fingerprint density at radius 1 is 1.30 bits per heavy atom. The summed E-state index contributed by atoms with van der Waals surface area (Å²) in [6, 6.07) is 6.13. The van der Waals surface area contributed by atoms with Crippen LogP contribution in [0.15, 0.2) is 35.5 Å². The number of hydrogen-bond donors (Lipinski definition) is 0. The fourth-order valence-electron chi connectivity index (χ4n) is 1.99. The maximum absolute atomic E-state index is 4.71. The van der Waals surface area contributed by atoms with Gasteiger partial charge in [0, 0.05) is 18.8 Å². The lowest BCUT2D eigenvalue weighted by Gasteiger charge is -2.05. The second-order valence-electron chi connectivity index (χ2n) is 5.42. The van der Waals surface area contributed by atoms with Crippen LogP contribution in [0.25, 0.3) is 16.6 Å². The molecule has 3 heteroatoms. The number of benzene rings is 1. The molecule has 0 fully saturated rings. The van der Waals surface area contributed by atoms with Gasteiger partial charge < -0.3 is 0 Å². The lowest BCUT2D eigenvalue weighted by atomic mass is 10.1. The van der Waals surface area contributed by atoms with Crippen molar-refractivity contribution in [3.8, 4) is 0 Å². The van der Waals surface area contributed by atoms with Crippen molar-refractivity contribution in [2.75, 3.05) is 7.05 Å². The molecule has 0 unspecified atom stereocenters. The summed E-state index contributed by atoms with van der Waals surface area (Å²) >= 11 is 0. The van der Waals surface area contributed by atoms with Crippen LogP contribution in [0.3, 0.4) is 0 Å². The van der Waals surface area contributed by atoms with E-state index in [2.05, 4.69) is 49.0 Å². The van der Waals surface area contributed by atoms with Gasteiger partial charge in [0.05, 0.1) is 22.9 Å². The van der Waals surface area contributed by atoms with Crippen molar-refractivity contribution in [1.29, 1.82) is 0 Å². The number of aromatic nitrogens is 2. The molecule has 2 rings (SSSR count). The third-order valence-corrected chi connectivity index (χ3v) is 3.07. The number of nitrogens with zero attached hydrogens (tertiary/aromatic N) is 3. The molecule has 0 aliphatic rings. The highest BCUT2D eigenvalue weighted by atomic mass is 14.8. The van der Waals surface area contributed by atoms with E-state index in [1.807, 2.05) is 18.5 Å². The van der Waals surface area contributed by atoms with Gasteiger partial charge in [-0.25, -0.2) is 4.98 Å². The van der Waals surface area contributed by atoms with Crippen LogP contribution in [0.5, 0.6) is 0 Å². The summed E-state index contributed by atoms with van der Waals surface area (Å²) in [6.07, 6.45) is 6.87. The van der Waals surface area contributed by atoms with Crippen molar-refractivity contribution in [3.63, 3.8) is 0 Å². The van der Waals surface area contributed by atoms with Crippen molar-refractivity contribution < 1.29 is 0 Å². The Morgan fingerprint density at radius 2 is 2.10 bits per heavy atom. The minimum atomic E-state index is 0.617. The standard InChI is InChI=1S/C17H21N3/c1-12(2)5-7-14(10-18-4)17-11-19-15-8-6-13(3)9-16(15)20-17/h6-12H,5H2,1-4H3/b14-7+,18-10?. The third kappa shape index (κ3) is 3.50. The van der Waals surface area contributed by atoms with Crippen LogP contribution in [-0.4, -0.2) is 23.2 Å². The van der Waals surface area contributed by atoms with Crippen molar-refractivity contribution in [2.45, 2.75) is 27.2 Å². The molecule has 1 aromatic heterocycles. The number of aliphatic imine (C=N–C) groups is 1. The monoisotopic (exact) mass is 267 g/mol. The van der Waals surface area contributed by atoms with Crippen molar-refractivity contribution in [2.24, 2.45) is 10.9 Å². The van der Waals surface area contributed by atoms with Crippen molar-refractivity contribution >= 4 is 22.8 Å². The molecule has 0 N–H and O–H groups in total. The highest BCUT2D eigenvalue weighted by molar-refractivity contribution is 6.09. The van der Waals surface area contributed by atoms with Crippen LogP contribution in [0.2, 0.25) is 0 Å². The molecule has 0 amide bonds. The Morgan fingerprint density at radius 3 is 2.80 bits per heavy atom. The summed E-state index contributed by atoms with van der Waals surface area (Å²) in [5, 5.41) is 0. The van der Waals surface area contributed by atoms with E-state index in [0.29, 0.717) is 5.92 Å². The summed E-state index contributed by atoms with van der Waals surface area (Å²) < 4.78 is 0. The lowest BCUT2D eigenvalue weighted by molar-refractivity contribution is 0.665. The SMILES string of the molecule is CN=C/C(=C\CC(C)C)c1cnc2ccc(C)cc2n1. The van der Waals surface area contributed by atoms with E-state index in [0.717, 1.165) is 28.7 Å². The summed E-state index contributed by atoms with van der Waals surface area (Å²) in [5.41, 5.74) is 4.98.